The summed E-state index contributed by atoms with van der Waals surface area (Å²) in [5.41, 5.74) is 4.38. The molecule has 0 unspecified atom stereocenters. The van der Waals surface area contributed by atoms with Gasteiger partial charge in [-0.25, -0.2) is 9.67 Å². The van der Waals surface area contributed by atoms with Crippen LogP contribution in [0.4, 0.5) is 5.13 Å². The number of rotatable bonds is 12. The zero-order valence-corrected chi connectivity index (χ0v) is 22.0. The van der Waals surface area contributed by atoms with E-state index in [0.29, 0.717) is 13.2 Å². The van der Waals surface area contributed by atoms with Crippen LogP contribution >= 0.6 is 11.3 Å². The zero-order chi connectivity index (χ0) is 25.3. The zero-order valence-electron chi connectivity index (χ0n) is 21.2. The summed E-state index contributed by atoms with van der Waals surface area (Å²) in [6, 6.07) is 18.6. The number of nitrogens with zero attached hydrogens (tertiary/aromatic N) is 5. The Balaban J connectivity index is 1.25. The average molecular weight is 520 g/mol. The molecule has 0 saturated carbocycles. The second-order valence-corrected chi connectivity index (χ2v) is 9.79. The van der Waals surface area contributed by atoms with Gasteiger partial charge in [-0.05, 0) is 41.5 Å². The smallest absolute Gasteiger partial charge is 0.186 e. The topological polar surface area (TPSA) is 64.9 Å². The fraction of sp³-hybridized carbons (Fsp3) is 0.357. The van der Waals surface area contributed by atoms with Crippen molar-refractivity contribution in [2.75, 3.05) is 51.5 Å². The molecule has 194 valence electrons. The Bertz CT molecular complexity index is 1220. The Morgan fingerprint density at radius 1 is 1.03 bits per heavy atom. The average Bonchev–Trinajstić information content (AvgIpc) is 3.65. The molecule has 0 aliphatic carbocycles. The van der Waals surface area contributed by atoms with Gasteiger partial charge in [0.2, 0.25) is 0 Å². The molecule has 0 atom stereocenters. The van der Waals surface area contributed by atoms with E-state index in [1.165, 1.54) is 11.1 Å². The third-order valence-corrected chi connectivity index (χ3v) is 7.25. The molecule has 1 aliphatic heterocycles. The van der Waals surface area contributed by atoms with Gasteiger partial charge >= 0.3 is 0 Å². The van der Waals surface area contributed by atoms with Crippen LogP contribution in [0.2, 0.25) is 0 Å². The molecule has 0 radical (unpaired) electrons. The number of benzene rings is 2. The van der Waals surface area contributed by atoms with Gasteiger partial charge < -0.3 is 19.1 Å². The molecule has 4 aromatic rings. The minimum Gasteiger partial charge on any atom is -0.497 e. The third-order valence-electron chi connectivity index (χ3n) is 6.30. The molecule has 0 spiro atoms. The first-order valence-electron chi connectivity index (χ1n) is 12.6. The first-order valence-corrected chi connectivity index (χ1v) is 13.4. The first kappa shape index (κ1) is 25.4. The number of hydrogen-bond donors (Lipinski definition) is 0. The fourth-order valence-corrected chi connectivity index (χ4v) is 5.09. The molecule has 1 saturated heterocycles. The van der Waals surface area contributed by atoms with Crippen LogP contribution in [-0.4, -0.2) is 66.2 Å². The highest BCUT2D eigenvalue weighted by Crippen LogP contribution is 2.26. The lowest BCUT2D eigenvalue weighted by Crippen LogP contribution is -2.38. The van der Waals surface area contributed by atoms with Crippen molar-refractivity contribution in [3.63, 3.8) is 0 Å². The summed E-state index contributed by atoms with van der Waals surface area (Å²) in [6.07, 6.45) is 3.74. The number of ether oxygens (including phenoxy) is 3. The quantitative estimate of drug-likeness (QED) is 0.257. The summed E-state index contributed by atoms with van der Waals surface area (Å²) in [5, 5.41) is 7.40. The van der Waals surface area contributed by atoms with Crippen molar-refractivity contribution in [3.8, 4) is 11.4 Å². The van der Waals surface area contributed by atoms with Gasteiger partial charge in [0.1, 0.15) is 5.75 Å². The SMILES string of the molecule is COc1cccc(CN(Cc2ccc(-n3cccn3)cc2)c2nc(COCCN3CCOCC3)cs2)c1. The van der Waals surface area contributed by atoms with Crippen LogP contribution < -0.4 is 9.64 Å². The Hall–Kier alpha value is -3.24. The van der Waals surface area contributed by atoms with Gasteiger partial charge in [0.25, 0.3) is 0 Å². The van der Waals surface area contributed by atoms with Gasteiger partial charge in [0.15, 0.2) is 5.13 Å². The van der Waals surface area contributed by atoms with Crippen molar-refractivity contribution in [2.45, 2.75) is 19.7 Å². The minimum atomic E-state index is 0.520. The standard InChI is InChI=1S/C28H33N5O3S/c1-34-27-5-2-4-24(18-27)20-32(19-23-6-8-26(9-7-23)33-11-3-10-29-33)28-30-25(22-37-28)21-36-17-14-31-12-15-35-16-13-31/h2-11,18,22H,12-17,19-21H2,1H3. The molecule has 1 aliphatic rings. The van der Waals surface area contributed by atoms with Crippen molar-refractivity contribution >= 4 is 16.5 Å². The second-order valence-electron chi connectivity index (χ2n) is 8.95. The lowest BCUT2D eigenvalue weighted by atomic mass is 10.1. The number of methoxy groups -OCH3 is 1. The Labute approximate surface area is 222 Å². The van der Waals surface area contributed by atoms with Gasteiger partial charge in [-0.3, -0.25) is 4.90 Å². The maximum Gasteiger partial charge on any atom is 0.186 e. The highest BCUT2D eigenvalue weighted by molar-refractivity contribution is 7.13. The third kappa shape index (κ3) is 7.17. The molecule has 0 N–H and O–H groups in total. The molecular weight excluding hydrogens is 486 g/mol. The van der Waals surface area contributed by atoms with Crippen molar-refractivity contribution in [1.29, 1.82) is 0 Å². The summed E-state index contributed by atoms with van der Waals surface area (Å²) >= 11 is 1.66. The summed E-state index contributed by atoms with van der Waals surface area (Å²) in [5.74, 6) is 0.856. The Kier molecular flexibility index (Phi) is 8.81. The number of anilines is 1. The van der Waals surface area contributed by atoms with Gasteiger partial charge in [0.05, 0.1) is 44.9 Å². The monoisotopic (exact) mass is 519 g/mol. The fourth-order valence-electron chi connectivity index (χ4n) is 4.28. The van der Waals surface area contributed by atoms with Crippen LogP contribution in [0.3, 0.4) is 0 Å². The molecule has 1 fully saturated rings. The molecule has 0 bridgehead atoms. The number of morpholine rings is 1. The largest absolute Gasteiger partial charge is 0.497 e. The number of aromatic nitrogens is 3. The summed E-state index contributed by atoms with van der Waals surface area (Å²) < 4.78 is 18.7. The highest BCUT2D eigenvalue weighted by Gasteiger charge is 2.15. The molecule has 3 heterocycles. The molecule has 0 amide bonds. The molecule has 5 rings (SSSR count). The first-order chi connectivity index (χ1) is 18.3. The lowest BCUT2D eigenvalue weighted by molar-refractivity contribution is 0.0177. The van der Waals surface area contributed by atoms with Gasteiger partial charge in [-0.1, -0.05) is 24.3 Å². The summed E-state index contributed by atoms with van der Waals surface area (Å²) in [4.78, 5) is 9.61. The van der Waals surface area contributed by atoms with Crippen molar-refractivity contribution in [3.05, 3.63) is 89.2 Å². The normalized spacial score (nSPS) is 14.1. The van der Waals surface area contributed by atoms with Crippen molar-refractivity contribution < 1.29 is 14.2 Å². The van der Waals surface area contributed by atoms with Crippen LogP contribution in [-0.2, 0) is 29.2 Å². The van der Waals surface area contributed by atoms with Crippen LogP contribution in [0.25, 0.3) is 5.69 Å². The maximum absolute atomic E-state index is 5.95. The van der Waals surface area contributed by atoms with E-state index in [2.05, 4.69) is 56.7 Å². The predicted octanol–water partition coefficient (Wildman–Crippen LogP) is 4.39. The lowest BCUT2D eigenvalue weighted by Gasteiger charge is -2.26. The minimum absolute atomic E-state index is 0.520. The van der Waals surface area contributed by atoms with Crippen LogP contribution in [0.5, 0.6) is 5.75 Å². The summed E-state index contributed by atoms with van der Waals surface area (Å²) in [7, 11) is 1.70. The molecule has 8 nitrogen and oxygen atoms in total. The van der Waals surface area contributed by atoms with Crippen molar-refractivity contribution in [1.82, 2.24) is 19.7 Å². The van der Waals surface area contributed by atoms with Crippen LogP contribution in [0, 0.1) is 0 Å². The van der Waals surface area contributed by atoms with E-state index >= 15 is 0 Å². The van der Waals surface area contributed by atoms with E-state index in [0.717, 1.165) is 68.2 Å². The van der Waals surface area contributed by atoms with E-state index in [-0.39, 0.29) is 0 Å². The molecule has 9 heteroatoms. The van der Waals surface area contributed by atoms with E-state index in [1.54, 1.807) is 24.6 Å². The Morgan fingerprint density at radius 3 is 2.65 bits per heavy atom. The van der Waals surface area contributed by atoms with E-state index < -0.39 is 0 Å². The molecule has 2 aromatic carbocycles. The van der Waals surface area contributed by atoms with E-state index in [4.69, 9.17) is 19.2 Å². The van der Waals surface area contributed by atoms with E-state index in [9.17, 15) is 0 Å². The maximum atomic E-state index is 5.95. The molecule has 37 heavy (non-hydrogen) atoms. The van der Waals surface area contributed by atoms with Gasteiger partial charge in [-0.15, -0.1) is 11.3 Å². The van der Waals surface area contributed by atoms with Gasteiger partial charge in [0, 0.05) is 50.5 Å². The summed E-state index contributed by atoms with van der Waals surface area (Å²) in [6.45, 7) is 7.18. The number of hydrogen-bond acceptors (Lipinski definition) is 8. The van der Waals surface area contributed by atoms with Crippen LogP contribution in [0.15, 0.2) is 72.4 Å². The van der Waals surface area contributed by atoms with E-state index in [1.807, 2.05) is 29.1 Å². The number of thiazole rings is 1. The van der Waals surface area contributed by atoms with Crippen LogP contribution in [0.1, 0.15) is 16.8 Å². The van der Waals surface area contributed by atoms with Crippen molar-refractivity contribution in [2.24, 2.45) is 0 Å². The molecular formula is C28H33N5O3S. The predicted molar refractivity (Wildman–Crippen MR) is 145 cm³/mol. The second kappa shape index (κ2) is 12.8. The Morgan fingerprint density at radius 2 is 1.86 bits per heavy atom. The van der Waals surface area contributed by atoms with Gasteiger partial charge in [-0.2, -0.15) is 5.10 Å². The molecule has 2 aromatic heterocycles. The highest BCUT2D eigenvalue weighted by atomic mass is 32.1.